The lowest BCUT2D eigenvalue weighted by molar-refractivity contribution is -0.139. The number of hydrogen-bond acceptors (Lipinski definition) is 4. The number of nitrogens with one attached hydrogen (secondary N) is 2. The van der Waals surface area contributed by atoms with Crippen LogP contribution in [0.25, 0.3) is 0 Å². The summed E-state index contributed by atoms with van der Waals surface area (Å²) in [5.74, 6) is -0.443. The first-order valence-corrected chi connectivity index (χ1v) is 14.6. The lowest BCUT2D eigenvalue weighted by atomic mass is 10.2. The van der Waals surface area contributed by atoms with Crippen LogP contribution in [0.15, 0.2) is 60.7 Å². The average Bonchev–Trinajstić information content (AvgIpc) is 2.95. The molecule has 0 aromatic heterocycles. The monoisotopic (exact) mass is 672 g/mol. The Kier molecular flexibility index (Phi) is 17.3. The largest absolute Gasteiger partial charge is 0.482 e. The van der Waals surface area contributed by atoms with Gasteiger partial charge in [-0.2, -0.15) is 0 Å². The van der Waals surface area contributed by atoms with E-state index in [1.807, 2.05) is 6.92 Å². The summed E-state index contributed by atoms with van der Waals surface area (Å²) >= 11 is 23.1. The highest BCUT2D eigenvalue weighted by Gasteiger charge is 2.09. The molecule has 13 heteroatoms. The fourth-order valence-electron chi connectivity index (χ4n) is 2.97. The highest BCUT2D eigenvalue weighted by molar-refractivity contribution is 6.42. The number of amides is 4. The summed E-state index contributed by atoms with van der Waals surface area (Å²) in [6.07, 6.45) is 2.05. The summed E-state index contributed by atoms with van der Waals surface area (Å²) in [5.41, 5.74) is 2.21. The van der Waals surface area contributed by atoms with Gasteiger partial charge in [-0.3, -0.25) is 0 Å². The number of aliphatic carboxylic acids is 1. The maximum Gasteiger partial charge on any atom is 0.341 e. The van der Waals surface area contributed by atoms with E-state index in [0.717, 1.165) is 30.6 Å². The minimum absolute atomic E-state index is 0.142. The number of carboxylic acids is 1. The summed E-state index contributed by atoms with van der Waals surface area (Å²) < 4.78 is 5.00. The van der Waals surface area contributed by atoms with E-state index >= 15 is 0 Å². The number of aryl methyl sites for hydroxylation is 1. The molecule has 3 N–H and O–H groups in total. The second-order valence-corrected chi connectivity index (χ2v) is 10.9. The summed E-state index contributed by atoms with van der Waals surface area (Å²) in [6, 6.07) is 16.7. The molecule has 0 aliphatic carbocycles. The van der Waals surface area contributed by atoms with Gasteiger partial charge in [-0.1, -0.05) is 59.7 Å². The maximum atomic E-state index is 11.8. The van der Waals surface area contributed by atoms with Gasteiger partial charge in [0.2, 0.25) is 0 Å². The zero-order valence-electron chi connectivity index (χ0n) is 24.6. The molecule has 0 spiro atoms. The third-order valence-corrected chi connectivity index (χ3v) is 6.58. The summed E-state index contributed by atoms with van der Waals surface area (Å²) in [6.45, 7) is 4.31. The number of ether oxygens (including phenoxy) is 1. The van der Waals surface area contributed by atoms with Crippen LogP contribution < -0.4 is 15.4 Å². The molecule has 3 aromatic carbocycles. The molecule has 43 heavy (non-hydrogen) atoms. The molecule has 0 saturated carbocycles. The van der Waals surface area contributed by atoms with E-state index in [4.69, 9.17) is 56.2 Å². The first kappa shape index (κ1) is 37.7. The molecule has 0 unspecified atom stereocenters. The van der Waals surface area contributed by atoms with Crippen LogP contribution in [0.5, 0.6) is 5.75 Å². The number of anilines is 2. The van der Waals surface area contributed by atoms with Gasteiger partial charge in [0.1, 0.15) is 5.75 Å². The van der Waals surface area contributed by atoms with Gasteiger partial charge in [0.15, 0.2) is 6.61 Å². The zero-order chi connectivity index (χ0) is 32.5. The number of hydrogen-bond donors (Lipinski definition) is 3. The number of unbranched alkanes of at least 4 members (excludes halogenated alkanes) is 1. The van der Waals surface area contributed by atoms with Crippen molar-refractivity contribution in [2.24, 2.45) is 0 Å². The van der Waals surface area contributed by atoms with Gasteiger partial charge in [-0.25, -0.2) is 14.4 Å². The van der Waals surface area contributed by atoms with Crippen molar-refractivity contribution in [2.75, 3.05) is 44.9 Å². The third kappa shape index (κ3) is 15.6. The van der Waals surface area contributed by atoms with Gasteiger partial charge in [0.05, 0.1) is 10.0 Å². The van der Waals surface area contributed by atoms with Crippen molar-refractivity contribution in [1.82, 2.24) is 9.80 Å². The highest BCUT2D eigenvalue weighted by atomic mass is 35.5. The smallest absolute Gasteiger partial charge is 0.341 e. The molecule has 0 heterocycles. The average molecular weight is 674 g/mol. The summed E-state index contributed by atoms with van der Waals surface area (Å²) in [7, 11) is 5.14. The fraction of sp³-hybridized carbons (Fsp3) is 0.300. The van der Waals surface area contributed by atoms with Gasteiger partial charge in [0, 0.05) is 49.1 Å². The minimum Gasteiger partial charge on any atom is -0.482 e. The number of benzene rings is 3. The van der Waals surface area contributed by atoms with Crippen molar-refractivity contribution in [3.8, 4) is 5.75 Å². The first-order chi connectivity index (χ1) is 20.2. The Morgan fingerprint density at radius 2 is 1.37 bits per heavy atom. The molecule has 4 amide bonds. The maximum absolute atomic E-state index is 11.8. The molecule has 9 nitrogen and oxygen atoms in total. The Balaban J connectivity index is 0.000000327. The topological polar surface area (TPSA) is 111 Å². The quantitative estimate of drug-likeness (QED) is 0.221. The molecule has 0 aliphatic heterocycles. The number of carboxylic acid groups (broad SMARTS) is 1. The van der Waals surface area contributed by atoms with Crippen LogP contribution >= 0.6 is 46.4 Å². The minimum atomic E-state index is -0.991. The molecule has 3 rings (SSSR count). The number of carbonyl (C=O) groups is 3. The van der Waals surface area contributed by atoms with Gasteiger partial charge >= 0.3 is 18.0 Å². The van der Waals surface area contributed by atoms with Gasteiger partial charge in [-0.05, 0) is 79.6 Å². The van der Waals surface area contributed by atoms with Crippen LogP contribution in [0.3, 0.4) is 0 Å². The molecule has 0 aliphatic rings. The summed E-state index contributed by atoms with van der Waals surface area (Å²) in [5, 5.41) is 16.0. The SMILES string of the molecule is CCCCN(C)C(=O)Nc1ccc(Cl)c(Cl)c1.CN(C)C(=O)Nc1ccc(Cl)cc1.Cc1cc(Cl)ccc1OCC(=O)O. The predicted octanol–water partition coefficient (Wildman–Crippen LogP) is 8.80. The molecule has 0 saturated heterocycles. The molecular formula is C30H36Cl4N4O5. The van der Waals surface area contributed by atoms with E-state index in [1.54, 1.807) is 86.7 Å². The Morgan fingerprint density at radius 1 is 0.791 bits per heavy atom. The Bertz CT molecular complexity index is 1340. The molecule has 234 valence electrons. The van der Waals surface area contributed by atoms with Crippen LogP contribution in [0, 0.1) is 6.92 Å². The van der Waals surface area contributed by atoms with Crippen LogP contribution in [-0.2, 0) is 4.79 Å². The molecule has 0 radical (unpaired) electrons. The van der Waals surface area contributed by atoms with Gasteiger partial charge < -0.3 is 30.3 Å². The first-order valence-electron chi connectivity index (χ1n) is 13.0. The number of carbonyl (C=O) groups excluding carboxylic acids is 2. The van der Waals surface area contributed by atoms with Crippen molar-refractivity contribution < 1.29 is 24.2 Å². The van der Waals surface area contributed by atoms with E-state index in [-0.39, 0.29) is 18.7 Å². The second kappa shape index (κ2) is 19.7. The highest BCUT2D eigenvalue weighted by Crippen LogP contribution is 2.25. The lowest BCUT2D eigenvalue weighted by Crippen LogP contribution is -2.32. The molecule has 0 atom stereocenters. The molecular weight excluding hydrogens is 638 g/mol. The van der Waals surface area contributed by atoms with E-state index in [1.165, 1.54) is 4.90 Å². The predicted molar refractivity (Wildman–Crippen MR) is 176 cm³/mol. The normalized spacial score (nSPS) is 9.79. The van der Waals surface area contributed by atoms with Crippen molar-refractivity contribution in [1.29, 1.82) is 0 Å². The van der Waals surface area contributed by atoms with E-state index in [0.29, 0.717) is 31.5 Å². The standard InChI is InChI=1S/C12H16Cl2N2O.C9H11ClN2O.C9H9ClO3/c1-3-4-7-16(2)12(17)15-9-5-6-10(13)11(14)8-9;1-12(2)9(13)11-8-5-3-7(10)4-6-8;1-6-4-7(10)2-3-8(6)13-5-9(11)12/h5-6,8H,3-4,7H2,1-2H3,(H,15,17);3-6H,1-2H3,(H,11,13);2-4H,5H2,1H3,(H,11,12). The molecule has 0 fully saturated rings. The zero-order valence-corrected chi connectivity index (χ0v) is 27.6. The molecule has 3 aromatic rings. The lowest BCUT2D eigenvalue weighted by Gasteiger charge is -2.17. The number of rotatable bonds is 8. The molecule has 0 bridgehead atoms. The summed E-state index contributed by atoms with van der Waals surface area (Å²) in [4.78, 5) is 36.2. The van der Waals surface area contributed by atoms with E-state index in [2.05, 4.69) is 17.6 Å². The second-order valence-electron chi connectivity index (χ2n) is 9.26. The van der Waals surface area contributed by atoms with E-state index < -0.39 is 5.97 Å². The van der Waals surface area contributed by atoms with Crippen molar-refractivity contribution >= 4 is 75.8 Å². The Hall–Kier alpha value is -3.37. The number of nitrogens with zero attached hydrogens (tertiary/aromatic N) is 2. The van der Waals surface area contributed by atoms with Gasteiger partial charge in [0.25, 0.3) is 0 Å². The number of halogens is 4. The Labute approximate surface area is 272 Å². The van der Waals surface area contributed by atoms with Crippen LogP contribution in [-0.4, -0.2) is 67.2 Å². The number of urea groups is 2. The van der Waals surface area contributed by atoms with Gasteiger partial charge in [-0.15, -0.1) is 0 Å². The Morgan fingerprint density at radius 3 is 1.91 bits per heavy atom. The van der Waals surface area contributed by atoms with Crippen molar-refractivity contribution in [3.05, 3.63) is 86.3 Å². The third-order valence-electron chi connectivity index (χ3n) is 5.35. The van der Waals surface area contributed by atoms with Crippen LogP contribution in [0.4, 0.5) is 21.0 Å². The van der Waals surface area contributed by atoms with Crippen molar-refractivity contribution in [3.63, 3.8) is 0 Å². The fourth-order valence-corrected chi connectivity index (χ4v) is 3.62. The van der Waals surface area contributed by atoms with Crippen LogP contribution in [0.2, 0.25) is 20.1 Å². The van der Waals surface area contributed by atoms with E-state index in [9.17, 15) is 14.4 Å². The van der Waals surface area contributed by atoms with Crippen LogP contribution in [0.1, 0.15) is 25.3 Å². The van der Waals surface area contributed by atoms with Crippen molar-refractivity contribution in [2.45, 2.75) is 26.7 Å².